The van der Waals surface area contributed by atoms with Crippen LogP contribution in [0.25, 0.3) is 0 Å². The van der Waals surface area contributed by atoms with Crippen LogP contribution in [0, 0.1) is 0 Å². The molecule has 1 atom stereocenters. The topological polar surface area (TPSA) is 71.8 Å². The summed E-state index contributed by atoms with van der Waals surface area (Å²) < 4.78 is 0. The van der Waals surface area contributed by atoms with Gasteiger partial charge in [-0.05, 0) is 6.42 Å². The van der Waals surface area contributed by atoms with Gasteiger partial charge >= 0.3 is 0 Å². The normalized spacial score (nSPS) is 12.8. The van der Waals surface area contributed by atoms with Crippen LogP contribution in [0.5, 0.6) is 0 Å². The van der Waals surface area contributed by atoms with Gasteiger partial charge in [0.25, 0.3) is 5.56 Å². The van der Waals surface area contributed by atoms with Gasteiger partial charge in [-0.15, -0.1) is 0 Å². The molecular weight excluding hydrogens is 154 g/mol. The van der Waals surface area contributed by atoms with Crippen molar-refractivity contribution in [1.82, 2.24) is 9.97 Å². The molecule has 66 valence electrons. The van der Waals surface area contributed by atoms with Crippen molar-refractivity contribution in [3.05, 3.63) is 28.4 Å². The molecule has 3 N–H and O–H groups in total. The van der Waals surface area contributed by atoms with Crippen LogP contribution in [0.1, 0.15) is 31.5 Å². The van der Waals surface area contributed by atoms with E-state index in [0.29, 0.717) is 5.69 Å². The highest BCUT2D eigenvalue weighted by molar-refractivity contribution is 5.03. The minimum absolute atomic E-state index is 0.114. The molecule has 0 spiro atoms. The van der Waals surface area contributed by atoms with Crippen LogP contribution in [-0.4, -0.2) is 9.97 Å². The Kier molecular flexibility index (Phi) is 2.99. The Labute approximate surface area is 70.8 Å². The lowest BCUT2D eigenvalue weighted by atomic mass is 10.1. The Balaban J connectivity index is 2.80. The van der Waals surface area contributed by atoms with Gasteiger partial charge in [0.05, 0.1) is 12.0 Å². The Morgan fingerprint density at radius 3 is 3.08 bits per heavy atom. The van der Waals surface area contributed by atoms with Crippen molar-refractivity contribution in [1.29, 1.82) is 0 Å². The zero-order chi connectivity index (χ0) is 8.97. The first-order chi connectivity index (χ1) is 5.74. The van der Waals surface area contributed by atoms with E-state index in [9.17, 15) is 4.79 Å². The minimum atomic E-state index is -0.147. The van der Waals surface area contributed by atoms with Crippen molar-refractivity contribution < 1.29 is 0 Å². The average molecular weight is 167 g/mol. The Morgan fingerprint density at radius 1 is 1.75 bits per heavy atom. The summed E-state index contributed by atoms with van der Waals surface area (Å²) in [6.45, 7) is 2.05. The summed E-state index contributed by atoms with van der Waals surface area (Å²) in [4.78, 5) is 17.3. The van der Waals surface area contributed by atoms with Crippen molar-refractivity contribution in [2.24, 2.45) is 5.73 Å². The van der Waals surface area contributed by atoms with Crippen LogP contribution >= 0.6 is 0 Å². The van der Waals surface area contributed by atoms with Crippen LogP contribution in [0.2, 0.25) is 0 Å². The number of nitrogens with one attached hydrogen (secondary N) is 1. The fourth-order valence-corrected chi connectivity index (χ4v) is 1.05. The van der Waals surface area contributed by atoms with Gasteiger partial charge in [-0.1, -0.05) is 13.3 Å². The van der Waals surface area contributed by atoms with Crippen molar-refractivity contribution in [3.63, 3.8) is 0 Å². The highest BCUT2D eigenvalue weighted by Crippen LogP contribution is 2.09. The largest absolute Gasteiger partial charge is 0.323 e. The van der Waals surface area contributed by atoms with Gasteiger partial charge < -0.3 is 10.7 Å². The standard InChI is InChI=1S/C8H13N3O/c1-2-3-6(9)7-4-8(12)11-5-10-7/h4-6H,2-3,9H2,1H3,(H,10,11,12). The van der Waals surface area contributed by atoms with Gasteiger partial charge in [-0.2, -0.15) is 0 Å². The molecule has 4 nitrogen and oxygen atoms in total. The molecule has 1 heterocycles. The molecule has 1 aromatic rings. The maximum atomic E-state index is 10.8. The van der Waals surface area contributed by atoms with E-state index < -0.39 is 0 Å². The van der Waals surface area contributed by atoms with Crippen molar-refractivity contribution >= 4 is 0 Å². The SMILES string of the molecule is CCCC(N)c1cc(=O)[nH]cn1. The molecule has 12 heavy (non-hydrogen) atoms. The molecule has 1 aromatic heterocycles. The molecule has 4 heteroatoms. The lowest BCUT2D eigenvalue weighted by Crippen LogP contribution is -2.16. The molecule has 1 unspecified atom stereocenters. The number of hydrogen-bond donors (Lipinski definition) is 2. The summed E-state index contributed by atoms with van der Waals surface area (Å²) in [5.41, 5.74) is 6.28. The molecule has 0 radical (unpaired) electrons. The molecule has 0 saturated carbocycles. The number of nitrogens with two attached hydrogens (primary N) is 1. The van der Waals surface area contributed by atoms with Crippen LogP contribution in [0.3, 0.4) is 0 Å². The second-order valence-corrected chi connectivity index (χ2v) is 2.73. The maximum Gasteiger partial charge on any atom is 0.250 e. The van der Waals surface area contributed by atoms with Crippen LogP contribution in [0.15, 0.2) is 17.2 Å². The molecule has 0 aliphatic rings. The van der Waals surface area contributed by atoms with Crippen molar-refractivity contribution in [2.45, 2.75) is 25.8 Å². The van der Waals surface area contributed by atoms with E-state index in [1.807, 2.05) is 6.92 Å². The van der Waals surface area contributed by atoms with Gasteiger partial charge in [-0.25, -0.2) is 4.98 Å². The van der Waals surface area contributed by atoms with Gasteiger partial charge in [0.2, 0.25) is 0 Å². The first-order valence-electron chi connectivity index (χ1n) is 4.04. The number of nitrogens with zero attached hydrogens (tertiary/aromatic N) is 1. The van der Waals surface area contributed by atoms with E-state index in [-0.39, 0.29) is 11.6 Å². The number of H-pyrrole nitrogens is 1. The number of rotatable bonds is 3. The summed E-state index contributed by atoms with van der Waals surface area (Å²) in [6.07, 6.45) is 3.24. The maximum absolute atomic E-state index is 10.8. The van der Waals surface area contributed by atoms with Gasteiger partial charge in [-0.3, -0.25) is 4.79 Å². The molecule has 0 aromatic carbocycles. The van der Waals surface area contributed by atoms with Gasteiger partial charge in [0.1, 0.15) is 0 Å². The summed E-state index contributed by atoms with van der Waals surface area (Å²) in [7, 11) is 0. The van der Waals surface area contributed by atoms with Crippen LogP contribution in [-0.2, 0) is 0 Å². The van der Waals surface area contributed by atoms with Crippen LogP contribution < -0.4 is 11.3 Å². The molecule has 0 aliphatic heterocycles. The average Bonchev–Trinajstić information content (AvgIpc) is 2.05. The smallest absolute Gasteiger partial charge is 0.250 e. The third-order valence-corrected chi connectivity index (χ3v) is 1.68. The predicted octanol–water partition coefficient (Wildman–Crippen LogP) is 0.570. The summed E-state index contributed by atoms with van der Waals surface area (Å²) in [6, 6.07) is 1.33. The van der Waals surface area contributed by atoms with Gasteiger partial charge in [0.15, 0.2) is 0 Å². The molecule has 0 amide bonds. The summed E-state index contributed by atoms with van der Waals surface area (Å²) >= 11 is 0. The fourth-order valence-electron chi connectivity index (χ4n) is 1.05. The molecule has 0 bridgehead atoms. The first-order valence-corrected chi connectivity index (χ1v) is 4.04. The molecular formula is C8H13N3O. The lowest BCUT2D eigenvalue weighted by Gasteiger charge is -2.07. The Hall–Kier alpha value is -1.16. The van der Waals surface area contributed by atoms with Crippen LogP contribution in [0.4, 0.5) is 0 Å². The van der Waals surface area contributed by atoms with E-state index >= 15 is 0 Å². The zero-order valence-electron chi connectivity index (χ0n) is 7.08. The molecule has 1 rings (SSSR count). The summed E-state index contributed by atoms with van der Waals surface area (Å²) in [5.74, 6) is 0. The zero-order valence-corrected chi connectivity index (χ0v) is 7.08. The minimum Gasteiger partial charge on any atom is -0.323 e. The second kappa shape index (κ2) is 4.01. The third kappa shape index (κ3) is 2.17. The van der Waals surface area contributed by atoms with E-state index in [1.54, 1.807) is 0 Å². The third-order valence-electron chi connectivity index (χ3n) is 1.68. The molecule has 0 saturated heterocycles. The van der Waals surface area contributed by atoms with E-state index in [4.69, 9.17) is 5.73 Å². The summed E-state index contributed by atoms with van der Waals surface area (Å²) in [5, 5.41) is 0. The fraction of sp³-hybridized carbons (Fsp3) is 0.500. The lowest BCUT2D eigenvalue weighted by molar-refractivity contribution is 0.618. The molecule has 0 aliphatic carbocycles. The van der Waals surface area contributed by atoms with E-state index in [1.165, 1.54) is 12.4 Å². The Bertz CT molecular complexity index is 294. The van der Waals surface area contributed by atoms with Gasteiger partial charge in [0, 0.05) is 12.1 Å². The highest BCUT2D eigenvalue weighted by atomic mass is 16.1. The predicted molar refractivity (Wildman–Crippen MR) is 46.7 cm³/mol. The van der Waals surface area contributed by atoms with Crippen molar-refractivity contribution in [3.8, 4) is 0 Å². The second-order valence-electron chi connectivity index (χ2n) is 2.73. The number of hydrogen-bond acceptors (Lipinski definition) is 3. The van der Waals surface area contributed by atoms with Crippen molar-refractivity contribution in [2.75, 3.05) is 0 Å². The number of aromatic amines is 1. The number of aromatic nitrogens is 2. The highest BCUT2D eigenvalue weighted by Gasteiger charge is 2.05. The monoisotopic (exact) mass is 167 g/mol. The Morgan fingerprint density at radius 2 is 2.50 bits per heavy atom. The quantitative estimate of drug-likeness (QED) is 0.691. The first kappa shape index (κ1) is 8.93. The van der Waals surface area contributed by atoms with E-state index in [2.05, 4.69) is 9.97 Å². The van der Waals surface area contributed by atoms with E-state index in [0.717, 1.165) is 12.8 Å². The molecule has 0 fully saturated rings.